The molecule has 4 rings (SSSR count). The highest BCUT2D eigenvalue weighted by Crippen LogP contribution is 2.15. The third-order valence-electron chi connectivity index (χ3n) is 5.11. The van der Waals surface area contributed by atoms with Crippen molar-refractivity contribution in [1.29, 1.82) is 0 Å². The number of nitrogens with one attached hydrogen (secondary N) is 1. The first-order valence-corrected chi connectivity index (χ1v) is 10.6. The van der Waals surface area contributed by atoms with E-state index in [-0.39, 0.29) is 17.7 Å². The number of carbonyl (C=O) groups excluding carboxylic acids is 1. The van der Waals surface area contributed by atoms with Crippen LogP contribution in [0.1, 0.15) is 5.56 Å². The average molecular weight is 468 g/mol. The third kappa shape index (κ3) is 4.89. The van der Waals surface area contributed by atoms with Gasteiger partial charge in [-0.2, -0.15) is 0 Å². The van der Waals surface area contributed by atoms with Crippen LogP contribution >= 0.6 is 11.6 Å². The monoisotopic (exact) mass is 467 g/mol. The molecule has 2 heterocycles. The Bertz CT molecular complexity index is 1410. The van der Waals surface area contributed by atoms with Crippen molar-refractivity contribution in [2.24, 2.45) is 0 Å². The molecule has 9 nitrogen and oxygen atoms in total. The van der Waals surface area contributed by atoms with Crippen molar-refractivity contribution in [2.75, 3.05) is 19.0 Å². The van der Waals surface area contributed by atoms with Crippen molar-refractivity contribution < 1.29 is 9.53 Å². The van der Waals surface area contributed by atoms with E-state index < -0.39 is 23.7 Å². The van der Waals surface area contributed by atoms with Gasteiger partial charge in [0, 0.05) is 24.4 Å². The van der Waals surface area contributed by atoms with Gasteiger partial charge >= 0.3 is 5.69 Å². The Labute approximate surface area is 193 Å². The fourth-order valence-corrected chi connectivity index (χ4v) is 3.75. The molecule has 0 fully saturated rings. The number of benzene rings is 2. The van der Waals surface area contributed by atoms with Crippen LogP contribution in [0.4, 0.5) is 5.69 Å². The van der Waals surface area contributed by atoms with E-state index in [4.69, 9.17) is 16.3 Å². The summed E-state index contributed by atoms with van der Waals surface area (Å²) in [5, 5.41) is 3.13. The molecule has 0 aliphatic heterocycles. The van der Waals surface area contributed by atoms with E-state index >= 15 is 0 Å². The highest BCUT2D eigenvalue weighted by Gasteiger charge is 2.20. The van der Waals surface area contributed by atoms with Gasteiger partial charge in [-0.3, -0.25) is 14.2 Å². The van der Waals surface area contributed by atoms with E-state index in [1.54, 1.807) is 35.9 Å². The third-order valence-corrected chi connectivity index (χ3v) is 5.35. The van der Waals surface area contributed by atoms with Crippen LogP contribution in [0.5, 0.6) is 0 Å². The van der Waals surface area contributed by atoms with E-state index in [2.05, 4.69) is 10.3 Å². The Morgan fingerprint density at radius 1 is 1.09 bits per heavy atom. The summed E-state index contributed by atoms with van der Waals surface area (Å²) >= 11 is 5.97. The van der Waals surface area contributed by atoms with Gasteiger partial charge in [0.1, 0.15) is 6.54 Å². The smallest absolute Gasteiger partial charge is 0.333 e. The summed E-state index contributed by atoms with van der Waals surface area (Å²) in [4.78, 5) is 43.6. The van der Waals surface area contributed by atoms with Crippen molar-refractivity contribution in [3.8, 4) is 0 Å². The Balaban J connectivity index is 1.78. The average Bonchev–Trinajstić information content (AvgIpc) is 3.23. The van der Waals surface area contributed by atoms with Gasteiger partial charge in [0.05, 0.1) is 19.5 Å². The van der Waals surface area contributed by atoms with Crippen LogP contribution in [0, 0.1) is 0 Å². The summed E-state index contributed by atoms with van der Waals surface area (Å²) in [7, 11) is 1.56. The van der Waals surface area contributed by atoms with Gasteiger partial charge < -0.3 is 14.6 Å². The molecular formula is C23H22ClN5O4. The largest absolute Gasteiger partial charge is 0.383 e. The number of ether oxygens (including phenoxy) is 1. The Morgan fingerprint density at radius 2 is 1.88 bits per heavy atom. The lowest BCUT2D eigenvalue weighted by Crippen LogP contribution is -2.43. The SMILES string of the molecule is COCCn1cnc2c1c(=O)n(CC(=O)Nc1cccc(Cl)c1)c(=O)n2Cc1ccccc1. The molecule has 1 N–H and O–H groups in total. The van der Waals surface area contributed by atoms with E-state index in [1.807, 2.05) is 30.3 Å². The van der Waals surface area contributed by atoms with Crippen LogP contribution < -0.4 is 16.6 Å². The fraction of sp³-hybridized carbons (Fsp3) is 0.217. The summed E-state index contributed by atoms with van der Waals surface area (Å²) < 4.78 is 9.09. The van der Waals surface area contributed by atoms with E-state index in [9.17, 15) is 14.4 Å². The minimum absolute atomic E-state index is 0.202. The van der Waals surface area contributed by atoms with Crippen LogP contribution in [-0.2, 0) is 29.2 Å². The maximum absolute atomic E-state index is 13.3. The number of imidazole rings is 1. The normalized spacial score (nSPS) is 11.1. The van der Waals surface area contributed by atoms with Crippen molar-refractivity contribution in [2.45, 2.75) is 19.6 Å². The Morgan fingerprint density at radius 3 is 2.61 bits per heavy atom. The standard InChI is InChI=1S/C23H22ClN5O4/c1-33-11-10-27-15-25-21-20(27)22(31)29(14-19(30)26-18-9-5-8-17(24)12-18)23(32)28(21)13-16-6-3-2-4-7-16/h2-9,12,15H,10-11,13-14H2,1H3,(H,26,30). The van der Waals surface area contributed by atoms with Crippen LogP contribution in [0.25, 0.3) is 11.2 Å². The van der Waals surface area contributed by atoms with Crippen LogP contribution in [0.15, 0.2) is 70.5 Å². The second-order valence-electron chi connectivity index (χ2n) is 7.41. The molecule has 0 atom stereocenters. The Hall–Kier alpha value is -3.69. The number of aromatic nitrogens is 4. The molecular weight excluding hydrogens is 446 g/mol. The lowest BCUT2D eigenvalue weighted by atomic mass is 10.2. The molecule has 0 aliphatic carbocycles. The maximum Gasteiger partial charge on any atom is 0.333 e. The lowest BCUT2D eigenvalue weighted by Gasteiger charge is -2.13. The summed E-state index contributed by atoms with van der Waals surface area (Å²) in [6, 6.07) is 16.0. The number of amides is 1. The van der Waals surface area contributed by atoms with Crippen molar-refractivity contribution in [3.05, 3.63) is 92.3 Å². The van der Waals surface area contributed by atoms with Gasteiger partial charge in [0.15, 0.2) is 11.2 Å². The van der Waals surface area contributed by atoms with Gasteiger partial charge in [0.2, 0.25) is 5.91 Å². The van der Waals surface area contributed by atoms with Gasteiger partial charge in [-0.1, -0.05) is 48.0 Å². The van der Waals surface area contributed by atoms with Crippen molar-refractivity contribution in [1.82, 2.24) is 18.7 Å². The van der Waals surface area contributed by atoms with Crippen LogP contribution in [0.3, 0.4) is 0 Å². The Kier molecular flexibility index (Phi) is 6.71. The van der Waals surface area contributed by atoms with Gasteiger partial charge in [-0.15, -0.1) is 0 Å². The van der Waals surface area contributed by atoms with E-state index in [0.717, 1.165) is 10.1 Å². The number of nitrogens with zero attached hydrogens (tertiary/aromatic N) is 4. The minimum atomic E-state index is -0.616. The van der Waals surface area contributed by atoms with Gasteiger partial charge in [-0.05, 0) is 23.8 Å². The fourth-order valence-electron chi connectivity index (χ4n) is 3.56. The first kappa shape index (κ1) is 22.5. The zero-order valence-electron chi connectivity index (χ0n) is 17.9. The second-order valence-corrected chi connectivity index (χ2v) is 7.84. The molecule has 0 unspecified atom stereocenters. The predicted octanol–water partition coefficient (Wildman–Crippen LogP) is 2.35. The topological polar surface area (TPSA) is 100 Å². The molecule has 0 saturated heterocycles. The molecule has 2 aromatic heterocycles. The first-order valence-electron chi connectivity index (χ1n) is 10.2. The molecule has 170 valence electrons. The molecule has 0 radical (unpaired) electrons. The molecule has 0 spiro atoms. The van der Waals surface area contributed by atoms with Crippen LogP contribution in [0.2, 0.25) is 5.02 Å². The molecule has 0 saturated carbocycles. The molecule has 0 aliphatic rings. The molecule has 1 amide bonds. The quantitative estimate of drug-likeness (QED) is 0.428. The summed E-state index contributed by atoms with van der Waals surface area (Å²) in [6.45, 7) is 0.483. The molecule has 2 aromatic carbocycles. The second kappa shape index (κ2) is 9.85. The number of hydrogen-bond acceptors (Lipinski definition) is 5. The zero-order chi connectivity index (χ0) is 23.4. The maximum atomic E-state index is 13.3. The van der Waals surface area contributed by atoms with Crippen molar-refractivity contribution >= 4 is 34.4 Å². The number of halogens is 1. The van der Waals surface area contributed by atoms with Gasteiger partial charge in [0.25, 0.3) is 5.56 Å². The number of rotatable bonds is 8. The predicted molar refractivity (Wildman–Crippen MR) is 126 cm³/mol. The van der Waals surface area contributed by atoms with E-state index in [0.29, 0.717) is 23.9 Å². The number of methoxy groups -OCH3 is 1. The number of fused-ring (bicyclic) bond motifs is 1. The highest BCUT2D eigenvalue weighted by molar-refractivity contribution is 6.30. The summed E-state index contributed by atoms with van der Waals surface area (Å²) in [6.07, 6.45) is 1.50. The van der Waals surface area contributed by atoms with E-state index in [1.165, 1.54) is 10.9 Å². The minimum Gasteiger partial charge on any atom is -0.383 e. The number of carbonyl (C=O) groups is 1. The number of anilines is 1. The lowest BCUT2D eigenvalue weighted by molar-refractivity contribution is -0.116. The molecule has 33 heavy (non-hydrogen) atoms. The zero-order valence-corrected chi connectivity index (χ0v) is 18.7. The van der Waals surface area contributed by atoms with Crippen LogP contribution in [-0.4, -0.2) is 38.3 Å². The molecule has 0 bridgehead atoms. The highest BCUT2D eigenvalue weighted by atomic mass is 35.5. The summed E-state index contributed by atoms with van der Waals surface area (Å²) in [5.41, 5.74) is 0.621. The first-order chi connectivity index (χ1) is 16.0. The molecule has 10 heteroatoms. The summed E-state index contributed by atoms with van der Waals surface area (Å²) in [5.74, 6) is -0.523. The van der Waals surface area contributed by atoms with Gasteiger partial charge in [-0.25, -0.2) is 14.3 Å². The number of hydrogen-bond donors (Lipinski definition) is 1. The van der Waals surface area contributed by atoms with Crippen molar-refractivity contribution in [3.63, 3.8) is 0 Å². The molecule has 4 aromatic rings.